The van der Waals surface area contributed by atoms with Crippen molar-refractivity contribution in [2.75, 3.05) is 0 Å². The van der Waals surface area contributed by atoms with Gasteiger partial charge in [0.05, 0.1) is 0 Å². The van der Waals surface area contributed by atoms with Crippen LogP contribution in [0, 0.1) is 17.7 Å². The Morgan fingerprint density at radius 1 is 0.875 bits per heavy atom. The van der Waals surface area contributed by atoms with E-state index in [0.717, 1.165) is 23.3 Å². The number of rotatable bonds is 5. The Bertz CT molecular complexity index is 618. The van der Waals surface area contributed by atoms with Gasteiger partial charge in [0.15, 0.2) is 0 Å². The van der Waals surface area contributed by atoms with Gasteiger partial charge in [0.2, 0.25) is 0 Å². The van der Waals surface area contributed by atoms with Gasteiger partial charge in [0, 0.05) is 0 Å². The van der Waals surface area contributed by atoms with Gasteiger partial charge in [0.25, 0.3) is 0 Å². The molecule has 24 heavy (non-hydrogen) atoms. The van der Waals surface area contributed by atoms with Crippen LogP contribution < -0.4 is 0 Å². The Balaban J connectivity index is 1.61. The van der Waals surface area contributed by atoms with E-state index in [1.165, 1.54) is 61.8 Å². The lowest BCUT2D eigenvalue weighted by molar-refractivity contribution is 0.235. The first kappa shape index (κ1) is 17.2. The van der Waals surface area contributed by atoms with Gasteiger partial charge >= 0.3 is 0 Å². The molecule has 3 rings (SSSR count). The summed E-state index contributed by atoms with van der Waals surface area (Å²) in [7, 11) is 0. The molecule has 0 spiro atoms. The molecule has 1 atom stereocenters. The van der Waals surface area contributed by atoms with Crippen LogP contribution in [0.4, 0.5) is 4.39 Å². The highest BCUT2D eigenvalue weighted by molar-refractivity contribution is 5.63. The molecule has 1 unspecified atom stereocenters. The predicted octanol–water partition coefficient (Wildman–Crippen LogP) is 7.20. The zero-order valence-electron chi connectivity index (χ0n) is 15.0. The summed E-state index contributed by atoms with van der Waals surface area (Å²) < 4.78 is 13.0. The summed E-state index contributed by atoms with van der Waals surface area (Å²) in [6, 6.07) is 15.7. The third kappa shape index (κ3) is 4.06. The second-order valence-electron chi connectivity index (χ2n) is 7.51. The Kier molecular flexibility index (Phi) is 5.71. The first-order valence-electron chi connectivity index (χ1n) is 9.53. The molecule has 1 heteroatoms. The summed E-state index contributed by atoms with van der Waals surface area (Å²) in [5, 5.41) is 0. The normalized spacial score (nSPS) is 22.3. The fourth-order valence-electron chi connectivity index (χ4n) is 4.30. The van der Waals surface area contributed by atoms with Crippen molar-refractivity contribution in [1.29, 1.82) is 0 Å². The molecule has 128 valence electrons. The zero-order valence-corrected chi connectivity index (χ0v) is 15.0. The summed E-state index contributed by atoms with van der Waals surface area (Å²) in [5.74, 6) is 2.36. The predicted molar refractivity (Wildman–Crippen MR) is 101 cm³/mol. The van der Waals surface area contributed by atoms with Crippen LogP contribution >= 0.6 is 0 Å². The van der Waals surface area contributed by atoms with E-state index in [4.69, 9.17) is 0 Å². The number of hydrogen-bond acceptors (Lipinski definition) is 0. The Labute approximate surface area is 146 Å². The van der Waals surface area contributed by atoms with Gasteiger partial charge in [-0.25, -0.2) is 4.39 Å². The van der Waals surface area contributed by atoms with Crippen LogP contribution in [0.2, 0.25) is 0 Å². The van der Waals surface area contributed by atoms with Crippen molar-refractivity contribution in [3.05, 3.63) is 59.9 Å². The van der Waals surface area contributed by atoms with E-state index < -0.39 is 0 Å². The molecule has 1 aliphatic carbocycles. The lowest BCUT2D eigenvalue weighted by Gasteiger charge is -2.32. The van der Waals surface area contributed by atoms with Crippen LogP contribution in [0.15, 0.2) is 48.5 Å². The molecular formula is C23H29F. The van der Waals surface area contributed by atoms with E-state index in [1.54, 1.807) is 0 Å². The lowest BCUT2D eigenvalue weighted by Crippen LogP contribution is -2.19. The van der Waals surface area contributed by atoms with Crippen LogP contribution in [-0.4, -0.2) is 0 Å². The molecule has 0 heterocycles. The molecule has 0 aliphatic heterocycles. The van der Waals surface area contributed by atoms with Gasteiger partial charge in [-0.1, -0.05) is 63.1 Å². The summed E-state index contributed by atoms with van der Waals surface area (Å²) in [6.45, 7) is 4.73. The van der Waals surface area contributed by atoms with Crippen molar-refractivity contribution in [1.82, 2.24) is 0 Å². The molecule has 0 saturated heterocycles. The third-order valence-electron chi connectivity index (χ3n) is 5.88. The maximum Gasteiger partial charge on any atom is 0.123 e. The smallest absolute Gasteiger partial charge is 0.123 e. The van der Waals surface area contributed by atoms with Crippen LogP contribution in [0.25, 0.3) is 11.1 Å². The summed E-state index contributed by atoms with van der Waals surface area (Å²) >= 11 is 0. The summed E-state index contributed by atoms with van der Waals surface area (Å²) in [4.78, 5) is 0. The quantitative estimate of drug-likeness (QED) is 0.545. The maximum atomic E-state index is 13.0. The van der Waals surface area contributed by atoms with Crippen molar-refractivity contribution >= 4 is 0 Å². The second kappa shape index (κ2) is 7.96. The van der Waals surface area contributed by atoms with E-state index in [2.05, 4.69) is 38.1 Å². The average Bonchev–Trinajstić information content (AvgIpc) is 2.63. The van der Waals surface area contributed by atoms with Crippen molar-refractivity contribution in [3.63, 3.8) is 0 Å². The first-order chi connectivity index (χ1) is 11.7. The van der Waals surface area contributed by atoms with Crippen LogP contribution in [0.1, 0.15) is 63.9 Å². The lowest BCUT2D eigenvalue weighted by atomic mass is 9.73. The summed E-state index contributed by atoms with van der Waals surface area (Å²) in [6.07, 6.45) is 8.11. The Morgan fingerprint density at radius 3 is 1.96 bits per heavy atom. The Morgan fingerprint density at radius 2 is 1.42 bits per heavy atom. The minimum absolute atomic E-state index is 0.176. The van der Waals surface area contributed by atoms with E-state index in [9.17, 15) is 4.39 Å². The molecule has 1 aliphatic rings. The van der Waals surface area contributed by atoms with Crippen molar-refractivity contribution < 1.29 is 4.39 Å². The topological polar surface area (TPSA) is 0 Å². The van der Waals surface area contributed by atoms with Gasteiger partial charge in [0.1, 0.15) is 5.82 Å². The molecule has 0 nitrogen and oxygen atoms in total. The molecule has 0 radical (unpaired) electrons. The molecule has 0 N–H and O–H groups in total. The van der Waals surface area contributed by atoms with Gasteiger partial charge in [-0.3, -0.25) is 0 Å². The number of halogens is 1. The Hall–Kier alpha value is -1.63. The van der Waals surface area contributed by atoms with Crippen molar-refractivity contribution in [3.8, 4) is 11.1 Å². The number of benzene rings is 2. The second-order valence-corrected chi connectivity index (χ2v) is 7.51. The maximum absolute atomic E-state index is 13.0. The molecule has 0 amide bonds. The highest BCUT2D eigenvalue weighted by Crippen LogP contribution is 2.40. The minimum Gasteiger partial charge on any atom is -0.207 e. The average molecular weight is 324 g/mol. The highest BCUT2D eigenvalue weighted by atomic mass is 19.1. The van der Waals surface area contributed by atoms with Gasteiger partial charge < -0.3 is 0 Å². The van der Waals surface area contributed by atoms with Crippen LogP contribution in [0.3, 0.4) is 0 Å². The first-order valence-corrected chi connectivity index (χ1v) is 9.53. The molecule has 1 fully saturated rings. The molecule has 2 aromatic rings. The molecule has 0 aromatic heterocycles. The minimum atomic E-state index is -0.176. The molecule has 1 saturated carbocycles. The van der Waals surface area contributed by atoms with E-state index in [1.807, 2.05) is 12.1 Å². The van der Waals surface area contributed by atoms with Crippen LogP contribution in [0.5, 0.6) is 0 Å². The van der Waals surface area contributed by atoms with Gasteiger partial charge in [-0.2, -0.15) is 0 Å². The molecular weight excluding hydrogens is 295 g/mol. The summed E-state index contributed by atoms with van der Waals surface area (Å²) in [5.41, 5.74) is 3.73. The fraction of sp³-hybridized carbons (Fsp3) is 0.478. The van der Waals surface area contributed by atoms with E-state index in [-0.39, 0.29) is 5.82 Å². The number of hydrogen-bond donors (Lipinski definition) is 0. The van der Waals surface area contributed by atoms with E-state index >= 15 is 0 Å². The SMILES string of the molecule is CCCC(C)C1CCC(c2ccc(-c3ccc(F)cc3)cc2)CC1. The van der Waals surface area contributed by atoms with Crippen molar-refractivity contribution in [2.24, 2.45) is 11.8 Å². The largest absolute Gasteiger partial charge is 0.207 e. The third-order valence-corrected chi connectivity index (χ3v) is 5.88. The molecule has 0 bridgehead atoms. The zero-order chi connectivity index (χ0) is 16.9. The fourth-order valence-corrected chi connectivity index (χ4v) is 4.30. The van der Waals surface area contributed by atoms with Crippen LogP contribution in [-0.2, 0) is 0 Å². The van der Waals surface area contributed by atoms with Crippen molar-refractivity contribution in [2.45, 2.75) is 58.3 Å². The van der Waals surface area contributed by atoms with E-state index in [0.29, 0.717) is 0 Å². The van der Waals surface area contributed by atoms with Gasteiger partial charge in [-0.05, 0) is 72.3 Å². The highest BCUT2D eigenvalue weighted by Gasteiger charge is 2.25. The van der Waals surface area contributed by atoms with Gasteiger partial charge in [-0.15, -0.1) is 0 Å². The molecule has 2 aromatic carbocycles. The standard InChI is InChI=1S/C23H29F/c1-3-4-17(2)18-5-7-19(8-6-18)20-9-11-21(12-10-20)22-13-15-23(24)16-14-22/h9-19H,3-8H2,1-2H3. The monoisotopic (exact) mass is 324 g/mol.